The Bertz CT molecular complexity index is 508. The summed E-state index contributed by atoms with van der Waals surface area (Å²) in [6.07, 6.45) is 2.06. The first-order chi connectivity index (χ1) is 9.77. The van der Waals surface area contributed by atoms with E-state index in [4.69, 9.17) is 0 Å². The molecule has 0 amide bonds. The summed E-state index contributed by atoms with van der Waals surface area (Å²) in [6, 6.07) is 10.7. The Kier molecular flexibility index (Phi) is 5.24. The van der Waals surface area contributed by atoms with Crippen LogP contribution in [0.1, 0.15) is 57.1 Å². The van der Waals surface area contributed by atoms with Crippen LogP contribution in [0.25, 0.3) is 0 Å². The lowest BCUT2D eigenvalue weighted by Gasteiger charge is -2.20. The average molecular weight is 273 g/mol. The Balaban J connectivity index is 2.25. The molecular formula is C15H23N5. The lowest BCUT2D eigenvalue weighted by molar-refractivity contribution is 0.438. The van der Waals surface area contributed by atoms with Gasteiger partial charge in [-0.25, -0.2) is 4.68 Å². The highest BCUT2D eigenvalue weighted by molar-refractivity contribution is 5.20. The smallest absolute Gasteiger partial charge is 0.168 e. The first-order valence-corrected chi connectivity index (χ1v) is 7.34. The monoisotopic (exact) mass is 273 g/mol. The number of rotatable bonds is 7. The topological polar surface area (TPSA) is 55.6 Å². The maximum Gasteiger partial charge on any atom is 0.168 e. The lowest BCUT2D eigenvalue weighted by Crippen LogP contribution is -2.25. The SMILES string of the molecule is CCCNC(C)c1nnnn1C(CC)c1ccccc1. The van der Waals surface area contributed by atoms with E-state index in [0.717, 1.165) is 25.2 Å². The third kappa shape index (κ3) is 3.22. The second kappa shape index (κ2) is 7.14. The van der Waals surface area contributed by atoms with Gasteiger partial charge in [-0.1, -0.05) is 44.2 Å². The van der Waals surface area contributed by atoms with E-state index in [1.165, 1.54) is 5.56 Å². The van der Waals surface area contributed by atoms with Crippen molar-refractivity contribution >= 4 is 0 Å². The van der Waals surface area contributed by atoms with E-state index in [0.29, 0.717) is 0 Å². The molecule has 2 rings (SSSR count). The Morgan fingerprint density at radius 1 is 1.20 bits per heavy atom. The van der Waals surface area contributed by atoms with Crippen LogP contribution in [0.15, 0.2) is 30.3 Å². The summed E-state index contributed by atoms with van der Waals surface area (Å²) in [5.41, 5.74) is 1.24. The number of nitrogens with one attached hydrogen (secondary N) is 1. The van der Waals surface area contributed by atoms with Gasteiger partial charge in [0.1, 0.15) is 0 Å². The van der Waals surface area contributed by atoms with Crippen LogP contribution in [0.2, 0.25) is 0 Å². The first-order valence-electron chi connectivity index (χ1n) is 7.34. The highest BCUT2D eigenvalue weighted by Crippen LogP contribution is 2.23. The zero-order valence-corrected chi connectivity index (χ0v) is 12.5. The fourth-order valence-corrected chi connectivity index (χ4v) is 2.38. The van der Waals surface area contributed by atoms with Crippen molar-refractivity contribution < 1.29 is 0 Å². The van der Waals surface area contributed by atoms with Crippen LogP contribution in [-0.2, 0) is 0 Å². The Hall–Kier alpha value is -1.75. The van der Waals surface area contributed by atoms with Gasteiger partial charge in [0, 0.05) is 0 Å². The van der Waals surface area contributed by atoms with E-state index in [9.17, 15) is 0 Å². The Morgan fingerprint density at radius 3 is 2.60 bits per heavy atom. The van der Waals surface area contributed by atoms with Gasteiger partial charge in [-0.05, 0) is 42.3 Å². The largest absolute Gasteiger partial charge is 0.307 e. The molecule has 0 aliphatic carbocycles. The molecule has 0 spiro atoms. The van der Waals surface area contributed by atoms with Gasteiger partial charge in [-0.2, -0.15) is 0 Å². The molecule has 2 atom stereocenters. The van der Waals surface area contributed by atoms with Crippen molar-refractivity contribution in [1.29, 1.82) is 0 Å². The minimum atomic E-state index is 0.155. The van der Waals surface area contributed by atoms with E-state index in [2.05, 4.69) is 65.9 Å². The fourth-order valence-electron chi connectivity index (χ4n) is 2.38. The second-order valence-electron chi connectivity index (χ2n) is 4.99. The number of benzene rings is 1. The molecule has 0 saturated heterocycles. The van der Waals surface area contributed by atoms with Crippen molar-refractivity contribution in [1.82, 2.24) is 25.5 Å². The van der Waals surface area contributed by atoms with Crippen LogP contribution in [0.5, 0.6) is 0 Å². The predicted octanol–water partition coefficient (Wildman–Crippen LogP) is 2.73. The highest BCUT2D eigenvalue weighted by Gasteiger charge is 2.20. The highest BCUT2D eigenvalue weighted by atomic mass is 15.6. The molecule has 0 saturated carbocycles. The van der Waals surface area contributed by atoms with E-state index in [1.54, 1.807) is 0 Å². The van der Waals surface area contributed by atoms with Crippen LogP contribution in [0, 0.1) is 0 Å². The number of aromatic nitrogens is 4. The van der Waals surface area contributed by atoms with Gasteiger partial charge in [0.15, 0.2) is 5.82 Å². The maximum absolute atomic E-state index is 4.21. The standard InChI is InChI=1S/C15H23N5/c1-4-11-16-12(3)15-17-18-19-20(15)14(5-2)13-9-7-6-8-10-13/h6-10,12,14,16H,4-5,11H2,1-3H3. The molecule has 1 N–H and O–H groups in total. The molecule has 0 bridgehead atoms. The van der Waals surface area contributed by atoms with Gasteiger partial charge >= 0.3 is 0 Å². The molecule has 0 radical (unpaired) electrons. The molecule has 1 aromatic heterocycles. The maximum atomic E-state index is 4.21. The van der Waals surface area contributed by atoms with Crippen molar-refractivity contribution in [3.8, 4) is 0 Å². The second-order valence-corrected chi connectivity index (χ2v) is 4.99. The average Bonchev–Trinajstić information content (AvgIpc) is 2.96. The zero-order valence-electron chi connectivity index (χ0n) is 12.5. The van der Waals surface area contributed by atoms with Gasteiger partial charge in [-0.3, -0.25) is 0 Å². The van der Waals surface area contributed by atoms with Gasteiger partial charge in [0.25, 0.3) is 0 Å². The van der Waals surface area contributed by atoms with Crippen LogP contribution < -0.4 is 5.32 Å². The Labute approximate surface area is 120 Å². The molecule has 5 nitrogen and oxygen atoms in total. The molecule has 2 unspecified atom stereocenters. The summed E-state index contributed by atoms with van der Waals surface area (Å²) >= 11 is 0. The fraction of sp³-hybridized carbons (Fsp3) is 0.533. The van der Waals surface area contributed by atoms with Gasteiger partial charge in [-0.15, -0.1) is 5.10 Å². The summed E-state index contributed by atoms with van der Waals surface area (Å²) in [7, 11) is 0. The summed E-state index contributed by atoms with van der Waals surface area (Å²) in [5.74, 6) is 0.897. The summed E-state index contributed by atoms with van der Waals surface area (Å²) in [5, 5.41) is 15.7. The zero-order chi connectivity index (χ0) is 14.4. The van der Waals surface area contributed by atoms with Gasteiger partial charge in [0.05, 0.1) is 12.1 Å². The minimum Gasteiger partial charge on any atom is -0.307 e. The number of hydrogen-bond acceptors (Lipinski definition) is 4. The van der Waals surface area contributed by atoms with Crippen LogP contribution in [0.3, 0.4) is 0 Å². The van der Waals surface area contributed by atoms with Crippen molar-refractivity contribution in [2.75, 3.05) is 6.54 Å². The molecule has 0 fully saturated rings. The van der Waals surface area contributed by atoms with Crippen molar-refractivity contribution in [2.45, 2.75) is 45.7 Å². The quantitative estimate of drug-likeness (QED) is 0.842. The number of nitrogens with zero attached hydrogens (tertiary/aromatic N) is 4. The van der Waals surface area contributed by atoms with Crippen LogP contribution >= 0.6 is 0 Å². The molecule has 108 valence electrons. The van der Waals surface area contributed by atoms with Crippen LogP contribution in [0.4, 0.5) is 0 Å². The minimum absolute atomic E-state index is 0.155. The summed E-state index contributed by atoms with van der Waals surface area (Å²) < 4.78 is 1.95. The lowest BCUT2D eigenvalue weighted by atomic mass is 10.0. The third-order valence-corrected chi connectivity index (χ3v) is 3.47. The molecule has 2 aromatic rings. The normalized spacial score (nSPS) is 14.2. The number of tetrazole rings is 1. The van der Waals surface area contributed by atoms with E-state index in [-0.39, 0.29) is 12.1 Å². The van der Waals surface area contributed by atoms with Crippen molar-refractivity contribution in [3.05, 3.63) is 41.7 Å². The third-order valence-electron chi connectivity index (χ3n) is 3.47. The molecule has 0 aliphatic rings. The van der Waals surface area contributed by atoms with Crippen LogP contribution in [-0.4, -0.2) is 26.8 Å². The molecule has 1 heterocycles. The molecule has 1 aromatic carbocycles. The van der Waals surface area contributed by atoms with E-state index in [1.807, 2.05) is 10.7 Å². The van der Waals surface area contributed by atoms with E-state index < -0.39 is 0 Å². The van der Waals surface area contributed by atoms with Crippen molar-refractivity contribution in [2.24, 2.45) is 0 Å². The molecule has 20 heavy (non-hydrogen) atoms. The molecule has 5 heteroatoms. The van der Waals surface area contributed by atoms with E-state index >= 15 is 0 Å². The number of hydrogen-bond donors (Lipinski definition) is 1. The summed E-state index contributed by atoms with van der Waals surface area (Å²) in [4.78, 5) is 0. The first kappa shape index (κ1) is 14.7. The molecular weight excluding hydrogens is 250 g/mol. The summed E-state index contributed by atoms with van der Waals surface area (Å²) in [6.45, 7) is 7.39. The van der Waals surface area contributed by atoms with Gasteiger partial charge < -0.3 is 5.32 Å². The Morgan fingerprint density at radius 2 is 1.95 bits per heavy atom. The predicted molar refractivity (Wildman–Crippen MR) is 79.4 cm³/mol. The van der Waals surface area contributed by atoms with Crippen molar-refractivity contribution in [3.63, 3.8) is 0 Å². The van der Waals surface area contributed by atoms with Gasteiger partial charge in [0.2, 0.25) is 0 Å². The molecule has 0 aliphatic heterocycles.